The predicted octanol–water partition coefficient (Wildman–Crippen LogP) is 3.17. The van der Waals surface area contributed by atoms with Gasteiger partial charge < -0.3 is 10.1 Å². The van der Waals surface area contributed by atoms with E-state index in [4.69, 9.17) is 4.74 Å². The zero-order valence-electron chi connectivity index (χ0n) is 12.3. The molecule has 1 N–H and O–H groups in total. The Kier molecular flexibility index (Phi) is 4.13. The normalized spacial score (nSPS) is 27.1. The van der Waals surface area contributed by atoms with Crippen molar-refractivity contribution in [2.75, 3.05) is 6.61 Å². The third-order valence-corrected chi connectivity index (χ3v) is 5.67. The summed E-state index contributed by atoms with van der Waals surface area (Å²) in [7, 11) is 0. The van der Waals surface area contributed by atoms with E-state index in [1.165, 1.54) is 16.9 Å². The zero-order chi connectivity index (χ0) is 14.1. The summed E-state index contributed by atoms with van der Waals surface area (Å²) in [6.45, 7) is 5.17. The molecule has 20 heavy (non-hydrogen) atoms. The Bertz CT molecular complexity index is 491. The Morgan fingerprint density at radius 1 is 1.50 bits per heavy atom. The van der Waals surface area contributed by atoms with E-state index in [2.05, 4.69) is 18.3 Å². The largest absolute Gasteiger partial charge is 0.376 e. The molecule has 0 spiro atoms. The summed E-state index contributed by atoms with van der Waals surface area (Å²) in [4.78, 5) is 14.6. The lowest BCUT2D eigenvalue weighted by molar-refractivity contribution is 0.0714. The van der Waals surface area contributed by atoms with Gasteiger partial charge in [0.15, 0.2) is 0 Å². The number of hydrogen-bond acceptors (Lipinski definition) is 3. The maximum Gasteiger partial charge on any atom is 0.261 e. The summed E-state index contributed by atoms with van der Waals surface area (Å²) < 4.78 is 5.64. The van der Waals surface area contributed by atoms with Crippen molar-refractivity contribution in [3.05, 3.63) is 21.4 Å². The predicted molar refractivity (Wildman–Crippen MR) is 81.4 cm³/mol. The Hall–Kier alpha value is -0.870. The first-order valence-corrected chi connectivity index (χ1v) is 8.49. The van der Waals surface area contributed by atoms with Crippen LogP contribution in [0.1, 0.15) is 53.2 Å². The van der Waals surface area contributed by atoms with Crippen molar-refractivity contribution >= 4 is 17.2 Å². The molecule has 4 heteroatoms. The molecule has 1 amide bonds. The second-order valence-electron chi connectivity index (χ2n) is 6.22. The van der Waals surface area contributed by atoms with E-state index in [-0.39, 0.29) is 18.1 Å². The first kappa shape index (κ1) is 14.1. The van der Waals surface area contributed by atoms with Gasteiger partial charge in [-0.2, -0.15) is 0 Å². The number of hydrogen-bond donors (Lipinski definition) is 1. The van der Waals surface area contributed by atoms with Crippen molar-refractivity contribution in [2.45, 2.75) is 58.1 Å². The van der Waals surface area contributed by atoms with Gasteiger partial charge in [-0.1, -0.05) is 6.92 Å². The molecular formula is C16H23NO2S. The molecule has 0 bridgehead atoms. The minimum Gasteiger partial charge on any atom is -0.376 e. The Balaban J connectivity index is 1.65. The highest BCUT2D eigenvalue weighted by Gasteiger charge is 2.26. The number of carbonyl (C=O) groups excluding carboxylic acids is 1. The van der Waals surface area contributed by atoms with Crippen molar-refractivity contribution in [1.29, 1.82) is 0 Å². The first-order valence-electron chi connectivity index (χ1n) is 7.67. The van der Waals surface area contributed by atoms with Crippen molar-refractivity contribution in [3.63, 3.8) is 0 Å². The molecule has 3 atom stereocenters. The number of amides is 1. The second kappa shape index (κ2) is 5.86. The molecule has 3 rings (SSSR count). The lowest BCUT2D eigenvalue weighted by Crippen LogP contribution is -2.40. The quantitative estimate of drug-likeness (QED) is 0.929. The summed E-state index contributed by atoms with van der Waals surface area (Å²) >= 11 is 1.68. The maximum absolute atomic E-state index is 12.4. The topological polar surface area (TPSA) is 38.3 Å². The van der Waals surface area contributed by atoms with Gasteiger partial charge in [0.05, 0.1) is 17.0 Å². The van der Waals surface area contributed by atoms with Crippen LogP contribution < -0.4 is 5.32 Å². The first-order chi connectivity index (χ1) is 9.63. The lowest BCUT2D eigenvalue weighted by atomic mass is 9.90. The van der Waals surface area contributed by atoms with Crippen LogP contribution >= 0.6 is 11.3 Å². The molecule has 1 saturated heterocycles. The Morgan fingerprint density at radius 2 is 2.35 bits per heavy atom. The zero-order valence-corrected chi connectivity index (χ0v) is 13.1. The Morgan fingerprint density at radius 3 is 3.10 bits per heavy atom. The average molecular weight is 293 g/mol. The van der Waals surface area contributed by atoms with E-state index in [1.807, 2.05) is 6.92 Å². The minimum atomic E-state index is 0.0695. The van der Waals surface area contributed by atoms with Crippen LogP contribution in [0.2, 0.25) is 0 Å². The standard InChI is InChI=1S/C16H23NO2S/c1-10-5-6-14-12(8-10)9-15(20-14)16(18)17-11(2)13-4-3-7-19-13/h9-11,13H,3-8H2,1-2H3,(H,17,18)/t10-,11-,13+/m1/s1. The lowest BCUT2D eigenvalue weighted by Gasteiger charge is -2.19. The molecular weight excluding hydrogens is 270 g/mol. The fraction of sp³-hybridized carbons (Fsp3) is 0.688. The number of ether oxygens (including phenoxy) is 1. The third kappa shape index (κ3) is 2.91. The molecule has 0 saturated carbocycles. The van der Waals surface area contributed by atoms with Gasteiger partial charge in [0, 0.05) is 11.5 Å². The van der Waals surface area contributed by atoms with Gasteiger partial charge in [0.25, 0.3) is 5.91 Å². The molecule has 1 fully saturated rings. The molecule has 2 aliphatic rings. The summed E-state index contributed by atoms with van der Waals surface area (Å²) in [5.41, 5.74) is 1.39. The van der Waals surface area contributed by atoms with Crippen molar-refractivity contribution in [3.8, 4) is 0 Å². The van der Waals surface area contributed by atoms with E-state index in [1.54, 1.807) is 11.3 Å². The molecule has 3 nitrogen and oxygen atoms in total. The van der Waals surface area contributed by atoms with Crippen LogP contribution in [0.5, 0.6) is 0 Å². The van der Waals surface area contributed by atoms with Crippen LogP contribution in [0.15, 0.2) is 6.07 Å². The molecule has 2 heterocycles. The maximum atomic E-state index is 12.4. The fourth-order valence-electron chi connectivity index (χ4n) is 3.19. The van der Waals surface area contributed by atoms with E-state index >= 15 is 0 Å². The molecule has 1 aliphatic heterocycles. The molecule has 0 aromatic carbocycles. The number of rotatable bonds is 3. The molecule has 1 aromatic heterocycles. The second-order valence-corrected chi connectivity index (χ2v) is 7.36. The van der Waals surface area contributed by atoms with E-state index in [9.17, 15) is 4.79 Å². The van der Waals surface area contributed by atoms with Crippen molar-refractivity contribution in [2.24, 2.45) is 5.92 Å². The van der Waals surface area contributed by atoms with Gasteiger partial charge in [-0.25, -0.2) is 0 Å². The van der Waals surface area contributed by atoms with Crippen molar-refractivity contribution in [1.82, 2.24) is 5.32 Å². The van der Waals surface area contributed by atoms with Crippen LogP contribution in [0, 0.1) is 5.92 Å². The molecule has 1 aliphatic carbocycles. The summed E-state index contributed by atoms with van der Waals surface area (Å²) in [5.74, 6) is 0.818. The molecule has 0 unspecified atom stereocenters. The van der Waals surface area contributed by atoms with Crippen molar-refractivity contribution < 1.29 is 9.53 Å². The highest BCUT2D eigenvalue weighted by Crippen LogP contribution is 2.32. The number of thiophene rings is 1. The highest BCUT2D eigenvalue weighted by atomic mass is 32.1. The van der Waals surface area contributed by atoms with Gasteiger partial charge in [0.1, 0.15) is 0 Å². The van der Waals surface area contributed by atoms with Crippen LogP contribution in [0.25, 0.3) is 0 Å². The third-order valence-electron chi connectivity index (χ3n) is 4.43. The SMILES string of the molecule is C[C@@H]1CCc2sc(C(=O)N[C@H](C)[C@@H]3CCCO3)cc2C1. The van der Waals surface area contributed by atoms with Gasteiger partial charge in [-0.15, -0.1) is 11.3 Å². The van der Waals surface area contributed by atoms with Gasteiger partial charge >= 0.3 is 0 Å². The van der Waals surface area contributed by atoms with Crippen LogP contribution in [-0.2, 0) is 17.6 Å². The number of aryl methyl sites for hydroxylation is 1. The van der Waals surface area contributed by atoms with Crippen LogP contribution in [-0.4, -0.2) is 24.7 Å². The fourth-order valence-corrected chi connectivity index (χ4v) is 4.30. The van der Waals surface area contributed by atoms with E-state index < -0.39 is 0 Å². The van der Waals surface area contributed by atoms with Crippen LogP contribution in [0.4, 0.5) is 0 Å². The highest BCUT2D eigenvalue weighted by molar-refractivity contribution is 7.14. The number of fused-ring (bicyclic) bond motifs is 1. The van der Waals surface area contributed by atoms with E-state index in [0.717, 1.165) is 43.1 Å². The summed E-state index contributed by atoms with van der Waals surface area (Å²) in [5, 5.41) is 3.10. The monoisotopic (exact) mass is 293 g/mol. The average Bonchev–Trinajstić information content (AvgIpc) is 3.07. The number of carbonyl (C=O) groups is 1. The summed E-state index contributed by atoms with van der Waals surface area (Å²) in [6.07, 6.45) is 5.86. The van der Waals surface area contributed by atoms with Gasteiger partial charge in [0.2, 0.25) is 0 Å². The molecule has 0 radical (unpaired) electrons. The smallest absolute Gasteiger partial charge is 0.261 e. The van der Waals surface area contributed by atoms with E-state index in [0.29, 0.717) is 0 Å². The van der Waals surface area contributed by atoms with Crippen LogP contribution in [0.3, 0.4) is 0 Å². The minimum absolute atomic E-state index is 0.0695. The molecule has 1 aromatic rings. The molecule has 110 valence electrons. The van der Waals surface area contributed by atoms with Gasteiger partial charge in [-0.05, 0) is 56.6 Å². The van der Waals surface area contributed by atoms with Gasteiger partial charge in [-0.3, -0.25) is 4.79 Å². The number of nitrogens with one attached hydrogen (secondary N) is 1. The Labute approximate surface area is 124 Å². The summed E-state index contributed by atoms with van der Waals surface area (Å²) in [6, 6.07) is 2.20.